The molecule has 1 aromatic carbocycles. The molecule has 1 saturated heterocycles. The summed E-state index contributed by atoms with van der Waals surface area (Å²) in [6.07, 6.45) is -3.58. The van der Waals surface area contributed by atoms with Crippen molar-refractivity contribution in [3.63, 3.8) is 0 Å². The monoisotopic (exact) mass is 318 g/mol. The summed E-state index contributed by atoms with van der Waals surface area (Å²) in [7, 11) is 0. The average molecular weight is 318 g/mol. The molecule has 1 heterocycles. The van der Waals surface area contributed by atoms with Gasteiger partial charge >= 0.3 is 6.18 Å². The van der Waals surface area contributed by atoms with Crippen molar-refractivity contribution in [2.45, 2.75) is 38.0 Å². The fourth-order valence-corrected chi connectivity index (χ4v) is 2.70. The lowest BCUT2D eigenvalue weighted by atomic mass is 10.0. The number of halogens is 4. The fourth-order valence-electron chi connectivity index (χ4n) is 2.70. The Morgan fingerprint density at radius 3 is 2.64 bits per heavy atom. The Bertz CT molecular complexity index is 533. The number of hydrogen-bond donors (Lipinski definition) is 1. The van der Waals surface area contributed by atoms with Crippen LogP contribution in [0.4, 0.5) is 17.6 Å². The lowest BCUT2D eigenvalue weighted by Gasteiger charge is -2.23. The predicted octanol–water partition coefficient (Wildman–Crippen LogP) is 3.03. The topological polar surface area (TPSA) is 32.3 Å². The Hall–Kier alpha value is -1.63. The van der Waals surface area contributed by atoms with Crippen molar-refractivity contribution in [3.05, 3.63) is 35.6 Å². The fraction of sp³-hybridized carbons (Fsp3) is 0.533. The molecule has 3 nitrogen and oxygen atoms in total. The molecule has 2 rings (SSSR count). The van der Waals surface area contributed by atoms with Crippen LogP contribution in [0.15, 0.2) is 24.3 Å². The van der Waals surface area contributed by atoms with E-state index >= 15 is 0 Å². The Labute approximate surface area is 126 Å². The minimum atomic E-state index is -4.40. The zero-order chi connectivity index (χ0) is 16.3. The van der Waals surface area contributed by atoms with E-state index in [1.165, 1.54) is 6.07 Å². The number of carbonyl (C=O) groups is 1. The van der Waals surface area contributed by atoms with Gasteiger partial charge in [-0.05, 0) is 18.9 Å². The third-order valence-electron chi connectivity index (χ3n) is 3.76. The van der Waals surface area contributed by atoms with Gasteiger partial charge in [0.05, 0.1) is 6.04 Å². The molecule has 7 heteroatoms. The molecule has 1 aliphatic rings. The molecular formula is C15H18F4N2O. The summed E-state index contributed by atoms with van der Waals surface area (Å²) in [5.41, 5.74) is 0.423. The molecule has 22 heavy (non-hydrogen) atoms. The van der Waals surface area contributed by atoms with Crippen LogP contribution in [0.1, 0.15) is 31.4 Å². The second-order valence-electron chi connectivity index (χ2n) is 5.37. The van der Waals surface area contributed by atoms with Gasteiger partial charge in [-0.1, -0.05) is 25.1 Å². The minimum absolute atomic E-state index is 0.0592. The smallest absolute Gasteiger partial charge is 0.332 e. The van der Waals surface area contributed by atoms with Crippen molar-refractivity contribution < 1.29 is 22.4 Å². The first-order chi connectivity index (χ1) is 10.3. The van der Waals surface area contributed by atoms with E-state index < -0.39 is 30.7 Å². The van der Waals surface area contributed by atoms with Crippen molar-refractivity contribution in [1.29, 1.82) is 0 Å². The van der Waals surface area contributed by atoms with Crippen LogP contribution in [0.2, 0.25) is 0 Å². The van der Waals surface area contributed by atoms with E-state index in [1.807, 2.05) is 6.92 Å². The molecule has 2 atom stereocenters. The second kappa shape index (κ2) is 6.64. The van der Waals surface area contributed by atoms with Gasteiger partial charge in [0, 0.05) is 18.2 Å². The van der Waals surface area contributed by atoms with Crippen LogP contribution >= 0.6 is 0 Å². The molecule has 0 unspecified atom stereocenters. The van der Waals surface area contributed by atoms with Gasteiger partial charge in [-0.25, -0.2) is 4.39 Å². The molecule has 1 fully saturated rings. The molecule has 0 bridgehead atoms. The molecule has 0 spiro atoms. The van der Waals surface area contributed by atoms with Gasteiger partial charge in [0.2, 0.25) is 5.91 Å². The van der Waals surface area contributed by atoms with Crippen molar-refractivity contribution in [1.82, 2.24) is 10.2 Å². The van der Waals surface area contributed by atoms with Gasteiger partial charge in [-0.3, -0.25) is 10.1 Å². The highest BCUT2D eigenvalue weighted by molar-refractivity contribution is 5.84. The van der Waals surface area contributed by atoms with Gasteiger partial charge in [-0.15, -0.1) is 0 Å². The van der Waals surface area contributed by atoms with Crippen LogP contribution in [0.3, 0.4) is 0 Å². The normalized spacial score (nSPS) is 20.5. The first kappa shape index (κ1) is 16.7. The quantitative estimate of drug-likeness (QED) is 0.847. The van der Waals surface area contributed by atoms with Crippen LogP contribution in [-0.4, -0.2) is 36.1 Å². The molecule has 1 N–H and O–H groups in total. The van der Waals surface area contributed by atoms with Gasteiger partial charge < -0.3 is 4.90 Å². The van der Waals surface area contributed by atoms with E-state index in [0.29, 0.717) is 18.4 Å². The van der Waals surface area contributed by atoms with Crippen molar-refractivity contribution in [3.8, 4) is 0 Å². The van der Waals surface area contributed by atoms with Crippen molar-refractivity contribution in [2.24, 2.45) is 0 Å². The number of nitrogens with zero attached hydrogens (tertiary/aromatic N) is 1. The van der Waals surface area contributed by atoms with E-state index in [9.17, 15) is 22.4 Å². The Balaban J connectivity index is 2.04. The molecule has 1 aliphatic heterocycles. The summed E-state index contributed by atoms with van der Waals surface area (Å²) in [5, 5.41) is 2.99. The average Bonchev–Trinajstić information content (AvgIpc) is 2.76. The van der Waals surface area contributed by atoms with E-state index in [-0.39, 0.29) is 12.4 Å². The van der Waals surface area contributed by atoms with E-state index in [0.717, 1.165) is 4.90 Å². The van der Waals surface area contributed by atoms with Crippen LogP contribution < -0.4 is 5.32 Å². The first-order valence-corrected chi connectivity index (χ1v) is 7.18. The van der Waals surface area contributed by atoms with Crippen LogP contribution in [-0.2, 0) is 4.79 Å². The lowest BCUT2D eigenvalue weighted by molar-refractivity contribution is -0.158. The van der Waals surface area contributed by atoms with Gasteiger partial charge in [0.25, 0.3) is 0 Å². The Kier molecular flexibility index (Phi) is 5.05. The van der Waals surface area contributed by atoms with E-state index in [2.05, 4.69) is 5.32 Å². The lowest BCUT2D eigenvalue weighted by Crippen LogP contribution is -2.43. The zero-order valence-electron chi connectivity index (χ0n) is 12.2. The number of nitrogens with one attached hydrogen (secondary N) is 1. The third kappa shape index (κ3) is 3.97. The number of alkyl halides is 3. The van der Waals surface area contributed by atoms with Crippen LogP contribution in [0.5, 0.6) is 0 Å². The highest BCUT2D eigenvalue weighted by Crippen LogP contribution is 2.25. The summed E-state index contributed by atoms with van der Waals surface area (Å²) in [6, 6.07) is 5.09. The van der Waals surface area contributed by atoms with Crippen LogP contribution in [0.25, 0.3) is 0 Å². The summed E-state index contributed by atoms with van der Waals surface area (Å²) in [6.45, 7) is 0.654. The van der Waals surface area contributed by atoms with Crippen molar-refractivity contribution >= 4 is 5.91 Å². The SMILES string of the molecule is CC[C@@H](N[C@H]1CCN(CC(F)(F)F)C1=O)c1ccccc1F. The molecule has 0 aromatic heterocycles. The summed E-state index contributed by atoms with van der Waals surface area (Å²) in [5.74, 6) is -0.966. The third-order valence-corrected chi connectivity index (χ3v) is 3.76. The van der Waals surface area contributed by atoms with E-state index in [4.69, 9.17) is 0 Å². The van der Waals surface area contributed by atoms with Gasteiger partial charge in [-0.2, -0.15) is 13.2 Å². The van der Waals surface area contributed by atoms with Gasteiger partial charge in [0.1, 0.15) is 12.4 Å². The standard InChI is InChI=1S/C15H18F4N2O/c1-2-12(10-5-3-4-6-11(10)16)20-13-7-8-21(14(13)22)9-15(17,18)19/h3-6,12-13,20H,2,7-9H2,1H3/t12-,13+/m1/s1. The second-order valence-corrected chi connectivity index (χ2v) is 5.37. The predicted molar refractivity (Wildman–Crippen MR) is 73.6 cm³/mol. The number of benzene rings is 1. The van der Waals surface area contributed by atoms with Gasteiger partial charge in [0.15, 0.2) is 0 Å². The highest BCUT2D eigenvalue weighted by atomic mass is 19.4. The zero-order valence-corrected chi connectivity index (χ0v) is 12.2. The van der Waals surface area contributed by atoms with Crippen LogP contribution in [0, 0.1) is 5.82 Å². The molecule has 1 amide bonds. The van der Waals surface area contributed by atoms with Crippen molar-refractivity contribution in [2.75, 3.05) is 13.1 Å². The number of likely N-dealkylation sites (tertiary alicyclic amines) is 1. The van der Waals surface area contributed by atoms with E-state index in [1.54, 1.807) is 18.2 Å². The number of rotatable bonds is 5. The number of hydrogen-bond acceptors (Lipinski definition) is 2. The molecule has 1 aromatic rings. The maximum Gasteiger partial charge on any atom is 0.406 e. The molecular weight excluding hydrogens is 300 g/mol. The number of amides is 1. The number of carbonyl (C=O) groups excluding carboxylic acids is 1. The Morgan fingerprint density at radius 2 is 2.05 bits per heavy atom. The largest absolute Gasteiger partial charge is 0.406 e. The Morgan fingerprint density at radius 1 is 1.36 bits per heavy atom. The first-order valence-electron chi connectivity index (χ1n) is 7.18. The maximum absolute atomic E-state index is 13.8. The highest BCUT2D eigenvalue weighted by Gasteiger charge is 2.39. The molecule has 0 radical (unpaired) electrons. The minimum Gasteiger partial charge on any atom is -0.332 e. The summed E-state index contributed by atoms with van der Waals surface area (Å²) < 4.78 is 51.0. The summed E-state index contributed by atoms with van der Waals surface area (Å²) >= 11 is 0. The molecule has 0 saturated carbocycles. The molecule has 122 valence electrons. The molecule has 0 aliphatic carbocycles. The summed E-state index contributed by atoms with van der Waals surface area (Å²) in [4.78, 5) is 12.8. The maximum atomic E-state index is 13.8.